The van der Waals surface area contributed by atoms with E-state index in [-0.39, 0.29) is 18.5 Å². The molecule has 6 nitrogen and oxygen atoms in total. The number of aromatic nitrogens is 2. The van der Waals surface area contributed by atoms with Gasteiger partial charge in [-0.3, -0.25) is 4.79 Å². The molecule has 142 valence electrons. The molecular weight excluding hydrogens is 362 g/mol. The Bertz CT molecular complexity index is 1230. The Kier molecular flexibility index (Phi) is 4.41. The summed E-state index contributed by atoms with van der Waals surface area (Å²) in [6, 6.07) is 19.7. The van der Waals surface area contributed by atoms with Gasteiger partial charge in [-0.15, -0.1) is 0 Å². The predicted molar refractivity (Wildman–Crippen MR) is 111 cm³/mol. The predicted octanol–water partition coefficient (Wildman–Crippen LogP) is 3.14. The molecule has 1 aliphatic rings. The SMILES string of the molecule is CN1CC(C#N)(C#N)Cc2ccccc2-c2c(cnn(C)c2=O)-c2ccccc21. The zero-order valence-electron chi connectivity index (χ0n) is 16.3. The summed E-state index contributed by atoms with van der Waals surface area (Å²) in [6.07, 6.45) is 1.94. The van der Waals surface area contributed by atoms with Gasteiger partial charge in [-0.1, -0.05) is 42.5 Å². The second kappa shape index (κ2) is 6.92. The van der Waals surface area contributed by atoms with Crippen molar-refractivity contribution in [2.45, 2.75) is 6.42 Å². The monoisotopic (exact) mass is 381 g/mol. The number of hydrogen-bond acceptors (Lipinski definition) is 5. The molecule has 0 bridgehead atoms. The fourth-order valence-corrected chi connectivity index (χ4v) is 4.00. The lowest BCUT2D eigenvalue weighted by Gasteiger charge is -2.31. The van der Waals surface area contributed by atoms with Gasteiger partial charge in [-0.05, 0) is 17.2 Å². The Hall–Kier alpha value is -3.90. The van der Waals surface area contributed by atoms with E-state index in [0.29, 0.717) is 5.56 Å². The minimum absolute atomic E-state index is 0.215. The summed E-state index contributed by atoms with van der Waals surface area (Å²) < 4.78 is 1.32. The summed E-state index contributed by atoms with van der Waals surface area (Å²) in [5, 5.41) is 24.1. The van der Waals surface area contributed by atoms with Crippen LogP contribution in [0.15, 0.2) is 59.5 Å². The molecule has 2 aromatic carbocycles. The van der Waals surface area contributed by atoms with Crippen molar-refractivity contribution in [1.29, 1.82) is 10.5 Å². The topological polar surface area (TPSA) is 85.7 Å². The average molecular weight is 381 g/mol. The number of fused-ring (bicyclic) bond motifs is 5. The zero-order chi connectivity index (χ0) is 20.6. The average Bonchev–Trinajstić information content (AvgIpc) is 2.75. The van der Waals surface area contributed by atoms with E-state index < -0.39 is 5.41 Å². The zero-order valence-corrected chi connectivity index (χ0v) is 16.3. The van der Waals surface area contributed by atoms with E-state index >= 15 is 0 Å². The Labute approximate surface area is 168 Å². The van der Waals surface area contributed by atoms with Gasteiger partial charge in [0, 0.05) is 43.9 Å². The number of hydrogen-bond donors (Lipinski definition) is 0. The molecule has 0 spiro atoms. The Balaban J connectivity index is 2.16. The highest BCUT2D eigenvalue weighted by Gasteiger charge is 2.35. The first-order chi connectivity index (χ1) is 14.0. The van der Waals surface area contributed by atoms with Crippen LogP contribution in [0.1, 0.15) is 5.56 Å². The van der Waals surface area contributed by atoms with Crippen molar-refractivity contribution in [2.75, 3.05) is 18.5 Å². The first-order valence-electron chi connectivity index (χ1n) is 9.27. The highest BCUT2D eigenvalue weighted by Crippen LogP contribution is 2.40. The molecule has 0 N–H and O–H groups in total. The van der Waals surface area contributed by atoms with Gasteiger partial charge in [0.15, 0.2) is 5.41 Å². The fraction of sp³-hybridized carbons (Fsp3) is 0.217. The van der Waals surface area contributed by atoms with E-state index in [2.05, 4.69) is 17.2 Å². The van der Waals surface area contributed by atoms with Crippen molar-refractivity contribution in [3.63, 3.8) is 0 Å². The molecule has 29 heavy (non-hydrogen) atoms. The number of anilines is 1. The van der Waals surface area contributed by atoms with Crippen LogP contribution in [-0.4, -0.2) is 23.4 Å². The van der Waals surface area contributed by atoms with Crippen LogP contribution >= 0.6 is 0 Å². The number of nitriles is 2. The third-order valence-electron chi connectivity index (χ3n) is 5.46. The summed E-state index contributed by atoms with van der Waals surface area (Å²) in [6.45, 7) is 0.249. The summed E-state index contributed by atoms with van der Waals surface area (Å²) in [4.78, 5) is 15.1. The lowest BCUT2D eigenvalue weighted by atomic mass is 9.80. The Morgan fingerprint density at radius 3 is 2.34 bits per heavy atom. The van der Waals surface area contributed by atoms with Gasteiger partial charge in [0.2, 0.25) is 0 Å². The van der Waals surface area contributed by atoms with Gasteiger partial charge in [0.1, 0.15) is 0 Å². The van der Waals surface area contributed by atoms with Gasteiger partial charge < -0.3 is 4.90 Å². The van der Waals surface area contributed by atoms with Crippen molar-refractivity contribution in [3.05, 3.63) is 70.6 Å². The second-order valence-electron chi connectivity index (χ2n) is 7.37. The molecule has 0 fully saturated rings. The number of para-hydroxylation sites is 1. The van der Waals surface area contributed by atoms with Crippen molar-refractivity contribution in [1.82, 2.24) is 9.78 Å². The first kappa shape index (κ1) is 18.5. The molecule has 0 saturated heterocycles. The molecule has 1 aliphatic heterocycles. The van der Waals surface area contributed by atoms with E-state index in [9.17, 15) is 15.3 Å². The van der Waals surface area contributed by atoms with Gasteiger partial charge in [0.05, 0.1) is 23.9 Å². The third kappa shape index (κ3) is 2.96. The molecule has 1 aromatic heterocycles. The van der Waals surface area contributed by atoms with Crippen molar-refractivity contribution < 1.29 is 0 Å². The van der Waals surface area contributed by atoms with E-state index in [0.717, 1.165) is 27.9 Å². The van der Waals surface area contributed by atoms with Crippen LogP contribution in [0.2, 0.25) is 0 Å². The van der Waals surface area contributed by atoms with Crippen LogP contribution in [-0.2, 0) is 13.5 Å². The fourth-order valence-electron chi connectivity index (χ4n) is 4.00. The number of rotatable bonds is 0. The van der Waals surface area contributed by atoms with Crippen LogP contribution in [0.5, 0.6) is 0 Å². The molecule has 0 atom stereocenters. The van der Waals surface area contributed by atoms with Crippen LogP contribution in [0.3, 0.4) is 0 Å². The molecule has 0 saturated carbocycles. The maximum atomic E-state index is 13.2. The van der Waals surface area contributed by atoms with E-state index in [1.807, 2.05) is 60.5 Å². The molecule has 0 radical (unpaired) electrons. The summed E-state index contributed by atoms with van der Waals surface area (Å²) in [5.74, 6) is 0. The molecule has 4 rings (SSSR count). The summed E-state index contributed by atoms with van der Waals surface area (Å²) in [5.41, 5.74) is 3.04. The second-order valence-corrected chi connectivity index (χ2v) is 7.37. The largest absolute Gasteiger partial charge is 0.371 e. The summed E-state index contributed by atoms with van der Waals surface area (Å²) >= 11 is 0. The molecular formula is C23H19N5O. The van der Waals surface area contributed by atoms with E-state index in [4.69, 9.17) is 0 Å². The van der Waals surface area contributed by atoms with Crippen molar-refractivity contribution in [3.8, 4) is 34.4 Å². The maximum absolute atomic E-state index is 13.2. The molecule has 0 amide bonds. The minimum atomic E-state index is -1.24. The van der Waals surface area contributed by atoms with Crippen molar-refractivity contribution in [2.24, 2.45) is 12.5 Å². The molecule has 0 aliphatic carbocycles. The van der Waals surface area contributed by atoms with Crippen LogP contribution in [0.25, 0.3) is 22.3 Å². The highest BCUT2D eigenvalue weighted by atomic mass is 16.1. The van der Waals surface area contributed by atoms with Gasteiger partial charge in [0.25, 0.3) is 5.56 Å². The molecule has 2 heterocycles. The summed E-state index contributed by atoms with van der Waals surface area (Å²) in [7, 11) is 3.49. The Morgan fingerprint density at radius 2 is 1.62 bits per heavy atom. The van der Waals surface area contributed by atoms with E-state index in [1.165, 1.54) is 4.68 Å². The smallest absolute Gasteiger partial charge is 0.274 e. The number of aryl methyl sites for hydroxylation is 1. The number of benzene rings is 2. The lowest BCUT2D eigenvalue weighted by molar-refractivity contribution is 0.518. The van der Waals surface area contributed by atoms with Crippen molar-refractivity contribution >= 4 is 5.69 Å². The third-order valence-corrected chi connectivity index (χ3v) is 5.46. The lowest BCUT2D eigenvalue weighted by Crippen LogP contribution is -2.36. The van der Waals surface area contributed by atoms with Crippen LogP contribution < -0.4 is 10.5 Å². The van der Waals surface area contributed by atoms with Crippen LogP contribution in [0.4, 0.5) is 5.69 Å². The molecule has 3 aromatic rings. The maximum Gasteiger partial charge on any atom is 0.274 e. The Morgan fingerprint density at radius 1 is 0.966 bits per heavy atom. The standard InChI is InChI=1S/C23H19N5O/c1-27-15-23(13-24,14-25)11-16-7-3-4-8-17(16)21-19(12-26-28(2)22(21)29)18-9-5-6-10-20(18)27/h3-10,12H,11,15H2,1-2H3. The van der Waals surface area contributed by atoms with E-state index in [1.54, 1.807) is 13.2 Å². The van der Waals surface area contributed by atoms with Gasteiger partial charge in [-0.2, -0.15) is 15.6 Å². The number of nitrogens with zero attached hydrogens (tertiary/aromatic N) is 5. The van der Waals surface area contributed by atoms with Gasteiger partial charge >= 0.3 is 0 Å². The highest BCUT2D eigenvalue weighted by molar-refractivity contribution is 5.89. The quantitative estimate of drug-likeness (QED) is 0.597. The molecule has 0 unspecified atom stereocenters. The minimum Gasteiger partial charge on any atom is -0.371 e. The van der Waals surface area contributed by atoms with Crippen LogP contribution in [0, 0.1) is 28.1 Å². The molecule has 6 heteroatoms. The first-order valence-corrected chi connectivity index (χ1v) is 9.27. The van der Waals surface area contributed by atoms with Gasteiger partial charge in [-0.25, -0.2) is 4.68 Å². The normalized spacial score (nSPS) is 14.6.